The van der Waals surface area contributed by atoms with Crippen molar-refractivity contribution >= 4 is 10.0 Å². The zero-order valence-electron chi connectivity index (χ0n) is 9.98. The first-order valence-electron chi connectivity index (χ1n) is 5.28. The normalized spacial score (nSPS) is 12.2. The number of aliphatic hydroxyl groups excluding tert-OH is 1. The molecule has 0 radical (unpaired) electrons. The van der Waals surface area contributed by atoms with Crippen LogP contribution in [0.4, 0.5) is 0 Å². The van der Waals surface area contributed by atoms with Crippen LogP contribution in [0.1, 0.15) is 6.42 Å². The number of rotatable bonds is 10. The fourth-order valence-electron chi connectivity index (χ4n) is 0.945. The highest BCUT2D eigenvalue weighted by atomic mass is 32.2. The molecular weight excluding hydrogens is 232 g/mol. The lowest BCUT2D eigenvalue weighted by Crippen LogP contribution is -2.30. The largest absolute Gasteiger partial charge is 0.396 e. The van der Waals surface area contributed by atoms with Gasteiger partial charge in [0.05, 0.1) is 19.0 Å². The van der Waals surface area contributed by atoms with E-state index in [0.29, 0.717) is 13.2 Å². The zero-order valence-corrected chi connectivity index (χ0v) is 10.8. The summed E-state index contributed by atoms with van der Waals surface area (Å²) in [7, 11) is 0.643. The molecule has 0 aliphatic heterocycles. The Morgan fingerprint density at radius 1 is 1.31 bits per heavy atom. The Balaban J connectivity index is 3.43. The highest BCUT2D eigenvalue weighted by molar-refractivity contribution is 7.89. The van der Waals surface area contributed by atoms with E-state index in [1.54, 1.807) is 0 Å². The summed E-state index contributed by atoms with van der Waals surface area (Å²) in [5.74, 6) is -0.0405. The molecule has 0 aliphatic rings. The van der Waals surface area contributed by atoms with Crippen LogP contribution in [0.25, 0.3) is 0 Å². The Hall–Kier alpha value is -0.210. The third-order valence-corrected chi connectivity index (χ3v) is 3.29. The van der Waals surface area contributed by atoms with E-state index in [2.05, 4.69) is 4.72 Å². The van der Waals surface area contributed by atoms with Gasteiger partial charge in [0.15, 0.2) is 0 Å². The van der Waals surface area contributed by atoms with Gasteiger partial charge in [-0.25, -0.2) is 13.1 Å². The summed E-state index contributed by atoms with van der Waals surface area (Å²) >= 11 is 0. The van der Waals surface area contributed by atoms with Gasteiger partial charge >= 0.3 is 0 Å². The number of hydrogen-bond acceptors (Lipinski definition) is 5. The third kappa shape index (κ3) is 10.3. The van der Waals surface area contributed by atoms with Crippen LogP contribution in [0, 0.1) is 0 Å². The predicted octanol–water partition coefficient (Wildman–Crippen LogP) is -1.13. The van der Waals surface area contributed by atoms with Crippen LogP contribution in [0.15, 0.2) is 0 Å². The van der Waals surface area contributed by atoms with Crippen molar-refractivity contribution in [2.45, 2.75) is 6.42 Å². The van der Waals surface area contributed by atoms with Gasteiger partial charge in [-0.05, 0) is 20.5 Å². The summed E-state index contributed by atoms with van der Waals surface area (Å²) in [4.78, 5) is 1.99. The van der Waals surface area contributed by atoms with E-state index in [4.69, 9.17) is 9.84 Å². The molecular formula is C9H22N2O4S. The SMILES string of the molecule is CN(C)CCOCCNS(=O)(=O)CCCO. The molecule has 0 saturated heterocycles. The van der Waals surface area contributed by atoms with Crippen LogP contribution in [-0.2, 0) is 14.8 Å². The van der Waals surface area contributed by atoms with Crippen LogP contribution in [0.5, 0.6) is 0 Å². The van der Waals surface area contributed by atoms with E-state index in [-0.39, 0.29) is 25.3 Å². The number of ether oxygens (including phenoxy) is 1. The third-order valence-electron chi connectivity index (χ3n) is 1.82. The van der Waals surface area contributed by atoms with Gasteiger partial charge < -0.3 is 14.7 Å². The Labute approximate surface area is 97.6 Å². The monoisotopic (exact) mass is 254 g/mol. The van der Waals surface area contributed by atoms with E-state index in [1.807, 2.05) is 19.0 Å². The van der Waals surface area contributed by atoms with Crippen molar-refractivity contribution in [3.63, 3.8) is 0 Å². The summed E-state index contributed by atoms with van der Waals surface area (Å²) in [6.45, 7) is 1.94. The fourth-order valence-corrected chi connectivity index (χ4v) is 1.99. The lowest BCUT2D eigenvalue weighted by Gasteiger charge is -2.10. The summed E-state index contributed by atoms with van der Waals surface area (Å²) in [5.41, 5.74) is 0. The molecule has 98 valence electrons. The van der Waals surface area contributed by atoms with Gasteiger partial charge in [0.1, 0.15) is 0 Å². The topological polar surface area (TPSA) is 78.9 Å². The van der Waals surface area contributed by atoms with Gasteiger partial charge in [0.25, 0.3) is 0 Å². The quantitative estimate of drug-likeness (QED) is 0.482. The molecule has 0 heterocycles. The lowest BCUT2D eigenvalue weighted by atomic mass is 10.5. The van der Waals surface area contributed by atoms with Crippen LogP contribution >= 0.6 is 0 Å². The van der Waals surface area contributed by atoms with Gasteiger partial charge in [-0.15, -0.1) is 0 Å². The summed E-state index contributed by atoms with van der Waals surface area (Å²) in [6.07, 6.45) is 0.261. The maximum atomic E-state index is 11.2. The van der Waals surface area contributed by atoms with Crippen LogP contribution in [0.2, 0.25) is 0 Å². The Kier molecular flexibility index (Phi) is 8.77. The molecule has 0 saturated carbocycles. The molecule has 0 aliphatic carbocycles. The molecule has 6 nitrogen and oxygen atoms in total. The fraction of sp³-hybridized carbons (Fsp3) is 1.00. The first-order valence-corrected chi connectivity index (χ1v) is 6.94. The molecule has 0 aromatic carbocycles. The maximum Gasteiger partial charge on any atom is 0.211 e. The van der Waals surface area contributed by atoms with E-state index in [9.17, 15) is 8.42 Å². The molecule has 0 atom stereocenters. The van der Waals surface area contributed by atoms with E-state index >= 15 is 0 Å². The van der Waals surface area contributed by atoms with E-state index in [1.165, 1.54) is 0 Å². The standard InChI is InChI=1S/C9H22N2O4S/c1-11(2)5-8-15-7-4-10-16(13,14)9-3-6-12/h10,12H,3-9H2,1-2H3. The number of sulfonamides is 1. The van der Waals surface area contributed by atoms with Crippen LogP contribution in [0.3, 0.4) is 0 Å². The minimum Gasteiger partial charge on any atom is -0.396 e. The second-order valence-corrected chi connectivity index (χ2v) is 5.63. The van der Waals surface area contributed by atoms with Crippen molar-refractivity contribution in [3.8, 4) is 0 Å². The van der Waals surface area contributed by atoms with Crippen molar-refractivity contribution in [2.24, 2.45) is 0 Å². The molecule has 0 amide bonds. The number of nitrogens with one attached hydrogen (secondary N) is 1. The molecule has 0 spiro atoms. The highest BCUT2D eigenvalue weighted by Gasteiger charge is 2.07. The smallest absolute Gasteiger partial charge is 0.211 e. The molecule has 16 heavy (non-hydrogen) atoms. The van der Waals surface area contributed by atoms with Gasteiger partial charge in [-0.3, -0.25) is 0 Å². The highest BCUT2D eigenvalue weighted by Crippen LogP contribution is 1.88. The second-order valence-electron chi connectivity index (χ2n) is 3.71. The maximum absolute atomic E-state index is 11.2. The van der Waals surface area contributed by atoms with Crippen molar-refractivity contribution in [3.05, 3.63) is 0 Å². The predicted molar refractivity (Wildman–Crippen MR) is 62.9 cm³/mol. The molecule has 7 heteroatoms. The number of nitrogens with zero attached hydrogens (tertiary/aromatic N) is 1. The van der Waals surface area contributed by atoms with Crippen molar-refractivity contribution in [2.75, 3.05) is 52.8 Å². The average Bonchev–Trinajstić information content (AvgIpc) is 2.20. The molecule has 0 aromatic heterocycles. The average molecular weight is 254 g/mol. The Morgan fingerprint density at radius 2 is 2.00 bits per heavy atom. The number of aliphatic hydroxyl groups is 1. The Bertz CT molecular complexity index is 254. The van der Waals surface area contributed by atoms with E-state index in [0.717, 1.165) is 6.54 Å². The second kappa shape index (κ2) is 8.89. The van der Waals surface area contributed by atoms with Gasteiger partial charge in [0, 0.05) is 19.7 Å². The minimum atomic E-state index is -3.25. The van der Waals surface area contributed by atoms with Crippen LogP contribution < -0.4 is 4.72 Å². The zero-order chi connectivity index (χ0) is 12.4. The van der Waals surface area contributed by atoms with Gasteiger partial charge in [-0.2, -0.15) is 0 Å². The molecule has 0 bridgehead atoms. The molecule has 0 fully saturated rings. The molecule has 0 rings (SSSR count). The lowest BCUT2D eigenvalue weighted by molar-refractivity contribution is 0.122. The van der Waals surface area contributed by atoms with E-state index < -0.39 is 10.0 Å². The van der Waals surface area contributed by atoms with Gasteiger partial charge in [-0.1, -0.05) is 0 Å². The van der Waals surface area contributed by atoms with Gasteiger partial charge in [0.2, 0.25) is 10.0 Å². The van der Waals surface area contributed by atoms with Crippen molar-refractivity contribution in [1.29, 1.82) is 0 Å². The molecule has 0 aromatic rings. The number of hydrogen-bond donors (Lipinski definition) is 2. The van der Waals surface area contributed by atoms with Crippen molar-refractivity contribution in [1.82, 2.24) is 9.62 Å². The van der Waals surface area contributed by atoms with Crippen molar-refractivity contribution < 1.29 is 18.3 Å². The first kappa shape index (κ1) is 15.8. The summed E-state index contributed by atoms with van der Waals surface area (Å²) in [5, 5.41) is 8.50. The number of likely N-dealkylation sites (N-methyl/N-ethyl adjacent to an activating group) is 1. The van der Waals surface area contributed by atoms with Crippen LogP contribution in [-0.4, -0.2) is 71.2 Å². The molecule has 0 unspecified atom stereocenters. The first-order chi connectivity index (χ1) is 7.48. The molecule has 2 N–H and O–H groups in total. The minimum absolute atomic E-state index is 0.0405. The summed E-state index contributed by atoms with van der Waals surface area (Å²) < 4.78 is 30.1. The summed E-state index contributed by atoms with van der Waals surface area (Å²) in [6, 6.07) is 0. The Morgan fingerprint density at radius 3 is 2.56 bits per heavy atom.